The van der Waals surface area contributed by atoms with Crippen LogP contribution in [0.25, 0.3) is 0 Å². The molecule has 0 spiro atoms. The minimum absolute atomic E-state index is 0.134. The van der Waals surface area contributed by atoms with E-state index >= 15 is 0 Å². The predicted octanol–water partition coefficient (Wildman–Crippen LogP) is 1.58. The molecule has 1 fully saturated rings. The smallest absolute Gasteiger partial charge is 0.266 e. The summed E-state index contributed by atoms with van der Waals surface area (Å²) in [5.74, 6) is 0.134. The van der Waals surface area contributed by atoms with E-state index < -0.39 is 0 Å². The zero-order valence-corrected chi connectivity index (χ0v) is 11.6. The SMILES string of the molecule is Cc1nc(C)c(C(=O)N2C(C)CNCC2C)s1. The first-order valence-electron chi connectivity index (χ1n) is 5.98. The second-order valence-corrected chi connectivity index (χ2v) is 5.92. The molecule has 1 aliphatic rings. The number of nitrogens with zero attached hydrogens (tertiary/aromatic N) is 2. The fourth-order valence-electron chi connectivity index (χ4n) is 2.38. The maximum atomic E-state index is 12.5. The maximum absolute atomic E-state index is 12.5. The number of carbonyl (C=O) groups excluding carboxylic acids is 1. The number of hydrogen-bond donors (Lipinski definition) is 1. The van der Waals surface area contributed by atoms with Crippen molar-refractivity contribution in [1.82, 2.24) is 15.2 Å². The van der Waals surface area contributed by atoms with Crippen molar-refractivity contribution >= 4 is 17.2 Å². The van der Waals surface area contributed by atoms with Gasteiger partial charge in [-0.2, -0.15) is 0 Å². The van der Waals surface area contributed by atoms with Crippen LogP contribution in [0.1, 0.15) is 34.2 Å². The minimum atomic E-state index is 0.134. The molecule has 1 aromatic rings. The molecular weight excluding hydrogens is 234 g/mol. The van der Waals surface area contributed by atoms with Gasteiger partial charge in [0.1, 0.15) is 4.88 Å². The molecule has 5 heteroatoms. The Labute approximate surface area is 106 Å². The van der Waals surface area contributed by atoms with Crippen molar-refractivity contribution in [2.24, 2.45) is 0 Å². The number of thiazole rings is 1. The number of rotatable bonds is 1. The van der Waals surface area contributed by atoms with Gasteiger partial charge < -0.3 is 10.2 Å². The first-order chi connectivity index (χ1) is 8.00. The van der Waals surface area contributed by atoms with Crippen molar-refractivity contribution in [1.29, 1.82) is 0 Å². The van der Waals surface area contributed by atoms with E-state index in [1.54, 1.807) is 0 Å². The minimum Gasteiger partial charge on any atom is -0.330 e. The number of aromatic nitrogens is 1. The van der Waals surface area contributed by atoms with Crippen molar-refractivity contribution in [3.63, 3.8) is 0 Å². The van der Waals surface area contributed by atoms with Gasteiger partial charge in [0.2, 0.25) is 0 Å². The maximum Gasteiger partial charge on any atom is 0.266 e. The van der Waals surface area contributed by atoms with Crippen LogP contribution in [0.4, 0.5) is 0 Å². The summed E-state index contributed by atoms with van der Waals surface area (Å²) in [7, 11) is 0. The first-order valence-corrected chi connectivity index (χ1v) is 6.79. The van der Waals surface area contributed by atoms with Crippen LogP contribution in [0.3, 0.4) is 0 Å². The summed E-state index contributed by atoms with van der Waals surface area (Å²) in [6.07, 6.45) is 0. The Bertz CT molecular complexity index is 419. The molecule has 4 nitrogen and oxygen atoms in total. The van der Waals surface area contributed by atoms with E-state index in [9.17, 15) is 4.79 Å². The highest BCUT2D eigenvalue weighted by molar-refractivity contribution is 7.13. The lowest BCUT2D eigenvalue weighted by Crippen LogP contribution is -2.57. The van der Waals surface area contributed by atoms with Gasteiger partial charge in [-0.3, -0.25) is 4.79 Å². The molecule has 0 saturated carbocycles. The predicted molar refractivity (Wildman–Crippen MR) is 69.6 cm³/mol. The van der Waals surface area contributed by atoms with Crippen molar-refractivity contribution in [3.05, 3.63) is 15.6 Å². The zero-order chi connectivity index (χ0) is 12.6. The topological polar surface area (TPSA) is 45.2 Å². The number of aryl methyl sites for hydroxylation is 2. The van der Waals surface area contributed by atoms with Crippen LogP contribution in [0.15, 0.2) is 0 Å². The van der Waals surface area contributed by atoms with E-state index in [0.717, 1.165) is 28.7 Å². The van der Waals surface area contributed by atoms with E-state index in [2.05, 4.69) is 24.1 Å². The van der Waals surface area contributed by atoms with Gasteiger partial charge in [-0.05, 0) is 27.7 Å². The molecule has 2 heterocycles. The number of hydrogen-bond acceptors (Lipinski definition) is 4. The summed E-state index contributed by atoms with van der Waals surface area (Å²) in [5.41, 5.74) is 0.857. The zero-order valence-electron chi connectivity index (χ0n) is 10.8. The molecule has 1 aromatic heterocycles. The molecule has 0 aliphatic carbocycles. The van der Waals surface area contributed by atoms with Gasteiger partial charge in [0.25, 0.3) is 5.91 Å². The summed E-state index contributed by atoms with van der Waals surface area (Å²) >= 11 is 1.50. The molecule has 17 heavy (non-hydrogen) atoms. The second-order valence-electron chi connectivity index (χ2n) is 4.72. The van der Waals surface area contributed by atoms with Gasteiger partial charge in [0.05, 0.1) is 10.7 Å². The van der Waals surface area contributed by atoms with Gasteiger partial charge in [-0.1, -0.05) is 0 Å². The number of piperazine rings is 1. The van der Waals surface area contributed by atoms with E-state index in [1.807, 2.05) is 18.7 Å². The molecule has 0 bridgehead atoms. The van der Waals surface area contributed by atoms with E-state index in [0.29, 0.717) is 0 Å². The average molecular weight is 253 g/mol. The van der Waals surface area contributed by atoms with Crippen LogP contribution in [0.5, 0.6) is 0 Å². The third-order valence-electron chi connectivity index (χ3n) is 3.16. The lowest BCUT2D eigenvalue weighted by Gasteiger charge is -2.39. The van der Waals surface area contributed by atoms with E-state index in [4.69, 9.17) is 0 Å². The Kier molecular flexibility index (Phi) is 3.49. The molecule has 0 aromatic carbocycles. The van der Waals surface area contributed by atoms with E-state index in [-0.39, 0.29) is 18.0 Å². The van der Waals surface area contributed by atoms with Crippen molar-refractivity contribution in [2.45, 2.75) is 39.8 Å². The van der Waals surface area contributed by atoms with Gasteiger partial charge in [0, 0.05) is 25.2 Å². The largest absolute Gasteiger partial charge is 0.330 e. The summed E-state index contributed by atoms with van der Waals surface area (Å²) < 4.78 is 0. The van der Waals surface area contributed by atoms with Crippen LogP contribution in [0.2, 0.25) is 0 Å². The Morgan fingerprint density at radius 1 is 1.35 bits per heavy atom. The second kappa shape index (κ2) is 4.74. The Hall–Kier alpha value is -0.940. The Morgan fingerprint density at radius 2 is 1.94 bits per heavy atom. The van der Waals surface area contributed by atoms with Crippen LogP contribution in [-0.4, -0.2) is 41.0 Å². The summed E-state index contributed by atoms with van der Waals surface area (Å²) in [4.78, 5) is 19.6. The van der Waals surface area contributed by atoms with Crippen molar-refractivity contribution in [3.8, 4) is 0 Å². The Morgan fingerprint density at radius 3 is 2.41 bits per heavy atom. The highest BCUT2D eigenvalue weighted by Crippen LogP contribution is 2.22. The van der Waals surface area contributed by atoms with Gasteiger partial charge >= 0.3 is 0 Å². The number of carbonyl (C=O) groups is 1. The quantitative estimate of drug-likeness (QED) is 0.826. The van der Waals surface area contributed by atoms with Gasteiger partial charge in [0.15, 0.2) is 0 Å². The molecule has 2 atom stereocenters. The monoisotopic (exact) mass is 253 g/mol. The molecular formula is C12H19N3OS. The molecule has 0 radical (unpaired) electrons. The fourth-order valence-corrected chi connectivity index (χ4v) is 3.24. The average Bonchev–Trinajstić information content (AvgIpc) is 2.57. The molecule has 1 amide bonds. The van der Waals surface area contributed by atoms with Crippen molar-refractivity contribution < 1.29 is 4.79 Å². The standard InChI is InChI=1S/C12H19N3OS/c1-7-5-13-6-8(2)15(7)12(16)11-9(3)14-10(4)17-11/h7-8,13H,5-6H2,1-4H3. The third-order valence-corrected chi connectivity index (χ3v) is 4.22. The normalized spacial score (nSPS) is 25.1. The fraction of sp³-hybridized carbons (Fsp3) is 0.667. The number of amides is 1. The van der Waals surface area contributed by atoms with E-state index in [1.165, 1.54) is 11.3 Å². The summed E-state index contributed by atoms with van der Waals surface area (Å²) in [6, 6.07) is 0.487. The van der Waals surface area contributed by atoms with Gasteiger partial charge in [-0.15, -0.1) is 11.3 Å². The third kappa shape index (κ3) is 2.35. The van der Waals surface area contributed by atoms with Crippen LogP contribution in [-0.2, 0) is 0 Å². The highest BCUT2D eigenvalue weighted by Gasteiger charge is 2.31. The lowest BCUT2D eigenvalue weighted by molar-refractivity contribution is 0.0548. The van der Waals surface area contributed by atoms with Crippen LogP contribution >= 0.6 is 11.3 Å². The highest BCUT2D eigenvalue weighted by atomic mass is 32.1. The lowest BCUT2D eigenvalue weighted by atomic mass is 10.1. The van der Waals surface area contributed by atoms with Crippen molar-refractivity contribution in [2.75, 3.05) is 13.1 Å². The summed E-state index contributed by atoms with van der Waals surface area (Å²) in [5, 5.41) is 4.29. The molecule has 94 valence electrons. The summed E-state index contributed by atoms with van der Waals surface area (Å²) in [6.45, 7) is 9.76. The molecule has 1 aliphatic heterocycles. The van der Waals surface area contributed by atoms with Crippen LogP contribution < -0.4 is 5.32 Å². The van der Waals surface area contributed by atoms with Gasteiger partial charge in [-0.25, -0.2) is 4.98 Å². The molecule has 1 saturated heterocycles. The molecule has 1 N–H and O–H groups in total. The Balaban J connectivity index is 2.27. The first kappa shape index (κ1) is 12.5. The van der Waals surface area contributed by atoms with Crippen LogP contribution in [0, 0.1) is 13.8 Å². The molecule has 2 rings (SSSR count). The number of nitrogens with one attached hydrogen (secondary N) is 1. The molecule has 2 unspecified atom stereocenters.